The lowest BCUT2D eigenvalue weighted by molar-refractivity contribution is 0.0952. The first-order valence-corrected chi connectivity index (χ1v) is 5.34. The Morgan fingerprint density at radius 1 is 1.56 bits per heavy atom. The van der Waals surface area contributed by atoms with Crippen molar-refractivity contribution in [1.82, 2.24) is 5.32 Å². The second-order valence-electron chi connectivity index (χ2n) is 3.13. The van der Waals surface area contributed by atoms with Gasteiger partial charge in [0.05, 0.1) is 10.6 Å². The van der Waals surface area contributed by atoms with Crippen molar-refractivity contribution in [1.29, 1.82) is 0 Å². The summed E-state index contributed by atoms with van der Waals surface area (Å²) in [5.41, 5.74) is 5.42. The number of hydrogen-bond donors (Lipinski definition) is 3. The number of phenols is 1. The molecule has 4 nitrogen and oxygen atoms in total. The van der Waals surface area contributed by atoms with Gasteiger partial charge in [-0.3, -0.25) is 4.79 Å². The van der Waals surface area contributed by atoms with Gasteiger partial charge in [0.1, 0.15) is 5.75 Å². The summed E-state index contributed by atoms with van der Waals surface area (Å²) < 4.78 is 0. The van der Waals surface area contributed by atoms with E-state index in [-0.39, 0.29) is 11.3 Å². The monoisotopic (exact) mass is 258 g/mol. The van der Waals surface area contributed by atoms with Crippen molar-refractivity contribution in [2.24, 2.45) is 5.73 Å². The number of phenolic OH excluding ortho intramolecular Hbond substituents is 1. The van der Waals surface area contributed by atoms with E-state index in [9.17, 15) is 9.90 Å². The predicted molar refractivity (Wildman–Crippen MR) is 66.9 cm³/mol. The van der Waals surface area contributed by atoms with Crippen LogP contribution < -0.4 is 11.1 Å². The van der Waals surface area contributed by atoms with Crippen LogP contribution in [-0.4, -0.2) is 22.5 Å². The fourth-order valence-electron chi connectivity index (χ4n) is 1.08. The lowest BCUT2D eigenvalue weighted by Crippen LogP contribution is -2.27. The standard InChI is InChI=1S/C10H11ClN2O2S/c11-6-1-2-8(14)7(5-6)10(15)13-4-3-9(12)16/h1-2,5,14H,3-4H2,(H2,12,16)(H,13,15). The molecule has 1 aromatic rings. The molecule has 0 heterocycles. The third-order valence-electron chi connectivity index (χ3n) is 1.86. The minimum atomic E-state index is -0.406. The van der Waals surface area contributed by atoms with Crippen molar-refractivity contribution in [3.8, 4) is 5.75 Å². The molecule has 1 aromatic carbocycles. The molecule has 86 valence electrons. The molecule has 0 fully saturated rings. The Morgan fingerprint density at radius 3 is 2.88 bits per heavy atom. The average molecular weight is 259 g/mol. The van der Waals surface area contributed by atoms with Gasteiger partial charge in [-0.05, 0) is 18.2 Å². The van der Waals surface area contributed by atoms with Crippen LogP contribution in [0.15, 0.2) is 18.2 Å². The minimum Gasteiger partial charge on any atom is -0.507 e. The van der Waals surface area contributed by atoms with Gasteiger partial charge in [0, 0.05) is 18.0 Å². The summed E-state index contributed by atoms with van der Waals surface area (Å²) >= 11 is 10.4. The highest BCUT2D eigenvalue weighted by Gasteiger charge is 2.10. The van der Waals surface area contributed by atoms with Gasteiger partial charge in [0.15, 0.2) is 0 Å². The lowest BCUT2D eigenvalue weighted by atomic mass is 10.2. The highest BCUT2D eigenvalue weighted by atomic mass is 35.5. The summed E-state index contributed by atoms with van der Waals surface area (Å²) in [6.45, 7) is 0.333. The van der Waals surface area contributed by atoms with E-state index >= 15 is 0 Å². The SMILES string of the molecule is NC(=S)CCNC(=O)c1cc(Cl)ccc1O. The number of thiocarbonyl (C=S) groups is 1. The van der Waals surface area contributed by atoms with Crippen molar-refractivity contribution in [3.63, 3.8) is 0 Å². The van der Waals surface area contributed by atoms with Crippen LogP contribution in [-0.2, 0) is 0 Å². The molecule has 4 N–H and O–H groups in total. The van der Waals surface area contributed by atoms with E-state index in [2.05, 4.69) is 17.5 Å². The maximum atomic E-state index is 11.6. The zero-order valence-corrected chi connectivity index (χ0v) is 9.94. The number of rotatable bonds is 4. The average Bonchev–Trinajstić information content (AvgIpc) is 2.21. The Balaban J connectivity index is 2.65. The van der Waals surface area contributed by atoms with E-state index < -0.39 is 5.91 Å². The first-order chi connectivity index (χ1) is 7.50. The molecule has 0 aromatic heterocycles. The highest BCUT2D eigenvalue weighted by Crippen LogP contribution is 2.21. The number of benzene rings is 1. The Kier molecular flexibility index (Phi) is 4.52. The molecule has 0 atom stereocenters. The number of hydrogen-bond acceptors (Lipinski definition) is 3. The number of halogens is 1. The van der Waals surface area contributed by atoms with Gasteiger partial charge in [0.25, 0.3) is 5.91 Å². The summed E-state index contributed by atoms with van der Waals surface area (Å²) in [5.74, 6) is -0.520. The van der Waals surface area contributed by atoms with Crippen molar-refractivity contribution in [2.45, 2.75) is 6.42 Å². The van der Waals surface area contributed by atoms with E-state index in [4.69, 9.17) is 17.3 Å². The van der Waals surface area contributed by atoms with Crippen LogP contribution in [0.1, 0.15) is 16.8 Å². The lowest BCUT2D eigenvalue weighted by Gasteiger charge is -2.06. The molecule has 0 aliphatic carbocycles. The van der Waals surface area contributed by atoms with E-state index in [0.29, 0.717) is 23.0 Å². The highest BCUT2D eigenvalue weighted by molar-refractivity contribution is 7.80. The van der Waals surface area contributed by atoms with E-state index in [1.54, 1.807) is 0 Å². The first kappa shape index (κ1) is 12.7. The Morgan fingerprint density at radius 2 is 2.25 bits per heavy atom. The molecule has 0 saturated carbocycles. The normalized spacial score (nSPS) is 9.81. The number of carbonyl (C=O) groups is 1. The Labute approximate surface area is 103 Å². The zero-order chi connectivity index (χ0) is 12.1. The quantitative estimate of drug-likeness (QED) is 0.715. The topological polar surface area (TPSA) is 75.3 Å². The van der Waals surface area contributed by atoms with E-state index in [1.807, 2.05) is 0 Å². The predicted octanol–water partition coefficient (Wildman–Crippen LogP) is 1.45. The minimum absolute atomic E-state index is 0.114. The number of amides is 1. The van der Waals surface area contributed by atoms with Crippen LogP contribution in [0, 0.1) is 0 Å². The molecule has 0 radical (unpaired) electrons. The van der Waals surface area contributed by atoms with Gasteiger partial charge >= 0.3 is 0 Å². The Bertz CT molecular complexity index is 423. The summed E-state index contributed by atoms with van der Waals surface area (Å²) in [4.78, 5) is 11.9. The zero-order valence-electron chi connectivity index (χ0n) is 8.37. The first-order valence-electron chi connectivity index (χ1n) is 4.55. The number of carbonyl (C=O) groups excluding carboxylic acids is 1. The summed E-state index contributed by atoms with van der Waals surface area (Å²) in [5, 5.41) is 12.4. The van der Waals surface area contributed by atoms with Crippen LogP contribution in [0.25, 0.3) is 0 Å². The summed E-state index contributed by atoms with van der Waals surface area (Å²) in [6.07, 6.45) is 0.419. The molecule has 1 amide bonds. The molecule has 1 rings (SSSR count). The molecule has 16 heavy (non-hydrogen) atoms. The summed E-state index contributed by atoms with van der Waals surface area (Å²) in [6, 6.07) is 4.26. The molecule has 0 aliphatic rings. The van der Waals surface area contributed by atoms with Gasteiger partial charge in [-0.15, -0.1) is 0 Å². The van der Waals surface area contributed by atoms with Gasteiger partial charge in [0.2, 0.25) is 0 Å². The molecule has 0 spiro atoms. The second-order valence-corrected chi connectivity index (χ2v) is 4.09. The van der Waals surface area contributed by atoms with Crippen LogP contribution in [0.4, 0.5) is 0 Å². The third-order valence-corrected chi connectivity index (χ3v) is 2.30. The molecule has 0 saturated heterocycles. The number of aromatic hydroxyl groups is 1. The van der Waals surface area contributed by atoms with Crippen LogP contribution >= 0.6 is 23.8 Å². The van der Waals surface area contributed by atoms with Crippen molar-refractivity contribution in [3.05, 3.63) is 28.8 Å². The molecule has 0 bridgehead atoms. The molecule has 6 heteroatoms. The maximum absolute atomic E-state index is 11.6. The molecular weight excluding hydrogens is 248 g/mol. The second kappa shape index (κ2) is 5.67. The van der Waals surface area contributed by atoms with Crippen LogP contribution in [0.2, 0.25) is 5.02 Å². The smallest absolute Gasteiger partial charge is 0.255 e. The van der Waals surface area contributed by atoms with Gasteiger partial charge in [-0.25, -0.2) is 0 Å². The van der Waals surface area contributed by atoms with Crippen LogP contribution in [0.3, 0.4) is 0 Å². The molecule has 0 aliphatic heterocycles. The largest absolute Gasteiger partial charge is 0.507 e. The Hall–Kier alpha value is -1.33. The maximum Gasteiger partial charge on any atom is 0.255 e. The van der Waals surface area contributed by atoms with E-state index in [1.165, 1.54) is 18.2 Å². The third kappa shape index (κ3) is 3.67. The molecule has 0 unspecified atom stereocenters. The van der Waals surface area contributed by atoms with Gasteiger partial charge in [-0.1, -0.05) is 23.8 Å². The number of nitrogens with one attached hydrogen (secondary N) is 1. The van der Waals surface area contributed by atoms with Gasteiger partial charge in [-0.2, -0.15) is 0 Å². The van der Waals surface area contributed by atoms with Crippen molar-refractivity contribution < 1.29 is 9.90 Å². The van der Waals surface area contributed by atoms with Crippen molar-refractivity contribution >= 4 is 34.7 Å². The number of nitrogens with two attached hydrogens (primary N) is 1. The fraction of sp³-hybridized carbons (Fsp3) is 0.200. The van der Waals surface area contributed by atoms with Crippen molar-refractivity contribution in [2.75, 3.05) is 6.54 Å². The van der Waals surface area contributed by atoms with Gasteiger partial charge < -0.3 is 16.2 Å². The fourth-order valence-corrected chi connectivity index (χ4v) is 1.36. The van der Waals surface area contributed by atoms with E-state index in [0.717, 1.165) is 0 Å². The summed E-state index contributed by atoms with van der Waals surface area (Å²) in [7, 11) is 0. The van der Waals surface area contributed by atoms with Crippen LogP contribution in [0.5, 0.6) is 5.75 Å². The molecular formula is C10H11ClN2O2S.